The van der Waals surface area contributed by atoms with Gasteiger partial charge in [-0.15, -0.1) is 0 Å². The standard InChI is InChI=1S/C14H19NOS/c16-15(13-9-5-2-6-10-13)14(17)11-12-7-3-1-4-8-12/h1,3-4,7-8,13,16H,2,5-6,9-11H2. The average Bonchev–Trinajstić information content (AvgIpc) is 2.40. The SMILES string of the molecule is ON(C(=S)Cc1ccccc1)C1CCCCC1. The van der Waals surface area contributed by atoms with Gasteiger partial charge in [0.15, 0.2) is 0 Å². The Morgan fingerprint density at radius 2 is 1.82 bits per heavy atom. The van der Waals surface area contributed by atoms with Crippen LogP contribution in [-0.2, 0) is 6.42 Å². The van der Waals surface area contributed by atoms with Crippen molar-refractivity contribution >= 4 is 17.2 Å². The molecule has 0 bridgehead atoms. The molecule has 1 N–H and O–H groups in total. The highest BCUT2D eigenvalue weighted by Crippen LogP contribution is 2.22. The lowest BCUT2D eigenvalue weighted by Gasteiger charge is -2.30. The van der Waals surface area contributed by atoms with Gasteiger partial charge in [-0.2, -0.15) is 0 Å². The van der Waals surface area contributed by atoms with Crippen molar-refractivity contribution in [2.75, 3.05) is 0 Å². The van der Waals surface area contributed by atoms with Crippen molar-refractivity contribution < 1.29 is 5.21 Å². The van der Waals surface area contributed by atoms with Crippen LogP contribution in [0.4, 0.5) is 0 Å². The van der Waals surface area contributed by atoms with Crippen LogP contribution in [-0.4, -0.2) is 21.3 Å². The predicted octanol–water partition coefficient (Wildman–Crippen LogP) is 3.58. The molecule has 0 unspecified atom stereocenters. The van der Waals surface area contributed by atoms with E-state index in [2.05, 4.69) is 0 Å². The molecule has 0 atom stereocenters. The summed E-state index contributed by atoms with van der Waals surface area (Å²) in [6, 6.07) is 10.3. The van der Waals surface area contributed by atoms with E-state index in [0.717, 1.165) is 18.4 Å². The number of benzene rings is 1. The molecule has 0 amide bonds. The number of hydrogen-bond donors (Lipinski definition) is 1. The summed E-state index contributed by atoms with van der Waals surface area (Å²) in [5.41, 5.74) is 1.16. The summed E-state index contributed by atoms with van der Waals surface area (Å²) < 4.78 is 0. The lowest BCUT2D eigenvalue weighted by atomic mass is 9.95. The van der Waals surface area contributed by atoms with Crippen LogP contribution in [0.25, 0.3) is 0 Å². The summed E-state index contributed by atoms with van der Waals surface area (Å²) in [7, 11) is 0. The van der Waals surface area contributed by atoms with E-state index in [4.69, 9.17) is 12.2 Å². The maximum atomic E-state index is 10.1. The van der Waals surface area contributed by atoms with Gasteiger partial charge in [-0.3, -0.25) is 5.21 Å². The molecule has 17 heavy (non-hydrogen) atoms. The molecule has 0 radical (unpaired) electrons. The maximum absolute atomic E-state index is 10.1. The summed E-state index contributed by atoms with van der Waals surface area (Å²) in [5, 5.41) is 11.4. The first kappa shape index (κ1) is 12.5. The van der Waals surface area contributed by atoms with Crippen molar-refractivity contribution in [2.24, 2.45) is 0 Å². The molecule has 2 rings (SSSR count). The number of hydroxylamine groups is 2. The van der Waals surface area contributed by atoms with Gasteiger partial charge in [0.25, 0.3) is 0 Å². The van der Waals surface area contributed by atoms with Crippen molar-refractivity contribution in [1.82, 2.24) is 5.06 Å². The van der Waals surface area contributed by atoms with E-state index in [-0.39, 0.29) is 6.04 Å². The Hall–Kier alpha value is -0.930. The fraction of sp³-hybridized carbons (Fsp3) is 0.500. The van der Waals surface area contributed by atoms with E-state index in [9.17, 15) is 5.21 Å². The Labute approximate surface area is 108 Å². The lowest BCUT2D eigenvalue weighted by Crippen LogP contribution is -2.38. The van der Waals surface area contributed by atoms with Gasteiger partial charge >= 0.3 is 0 Å². The van der Waals surface area contributed by atoms with E-state index < -0.39 is 0 Å². The number of rotatable bonds is 3. The molecule has 3 heteroatoms. The first-order chi connectivity index (χ1) is 8.27. The number of thiocarbonyl (C=S) groups is 1. The van der Waals surface area contributed by atoms with Crippen LogP contribution < -0.4 is 0 Å². The Bertz CT molecular complexity index is 360. The molecule has 1 aromatic carbocycles. The summed E-state index contributed by atoms with van der Waals surface area (Å²) in [5.74, 6) is 0. The molecule has 0 saturated heterocycles. The first-order valence-corrected chi connectivity index (χ1v) is 6.73. The second-order valence-corrected chi connectivity index (χ2v) is 5.16. The average molecular weight is 249 g/mol. The van der Waals surface area contributed by atoms with Crippen LogP contribution >= 0.6 is 12.2 Å². The molecule has 1 fully saturated rings. The molecular formula is C14H19NOS. The van der Waals surface area contributed by atoms with Crippen molar-refractivity contribution in [3.8, 4) is 0 Å². The summed E-state index contributed by atoms with van der Waals surface area (Å²) in [6.07, 6.45) is 6.47. The topological polar surface area (TPSA) is 23.5 Å². The van der Waals surface area contributed by atoms with Gasteiger partial charge in [0.1, 0.15) is 4.99 Å². The minimum Gasteiger partial charge on any atom is -0.288 e. The van der Waals surface area contributed by atoms with Gasteiger partial charge < -0.3 is 0 Å². The minimum absolute atomic E-state index is 0.236. The smallest absolute Gasteiger partial charge is 0.108 e. The predicted molar refractivity (Wildman–Crippen MR) is 73.2 cm³/mol. The molecule has 0 spiro atoms. The van der Waals surface area contributed by atoms with Crippen molar-refractivity contribution in [3.63, 3.8) is 0 Å². The largest absolute Gasteiger partial charge is 0.288 e. The monoisotopic (exact) mass is 249 g/mol. The third kappa shape index (κ3) is 3.51. The lowest BCUT2D eigenvalue weighted by molar-refractivity contribution is -0.0628. The van der Waals surface area contributed by atoms with E-state index in [1.165, 1.54) is 24.3 Å². The van der Waals surface area contributed by atoms with Crippen LogP contribution in [0.15, 0.2) is 30.3 Å². The molecule has 0 heterocycles. The summed E-state index contributed by atoms with van der Waals surface area (Å²) in [4.78, 5) is 0.642. The highest BCUT2D eigenvalue weighted by Gasteiger charge is 2.21. The number of nitrogens with zero attached hydrogens (tertiary/aromatic N) is 1. The molecule has 92 valence electrons. The van der Waals surface area contributed by atoms with E-state index in [1.54, 1.807) is 0 Å². The molecule has 0 aromatic heterocycles. The van der Waals surface area contributed by atoms with Crippen LogP contribution in [0, 0.1) is 0 Å². The zero-order valence-electron chi connectivity index (χ0n) is 10.0. The van der Waals surface area contributed by atoms with Crippen LogP contribution in [0.3, 0.4) is 0 Å². The van der Waals surface area contributed by atoms with E-state index in [1.807, 2.05) is 30.3 Å². The zero-order chi connectivity index (χ0) is 12.1. The Balaban J connectivity index is 1.90. The second-order valence-electron chi connectivity index (χ2n) is 4.69. The molecule has 1 aliphatic carbocycles. The van der Waals surface area contributed by atoms with Crippen molar-refractivity contribution in [1.29, 1.82) is 0 Å². The van der Waals surface area contributed by atoms with Crippen molar-refractivity contribution in [2.45, 2.75) is 44.6 Å². The van der Waals surface area contributed by atoms with E-state index >= 15 is 0 Å². The molecule has 1 saturated carbocycles. The zero-order valence-corrected chi connectivity index (χ0v) is 10.8. The van der Waals surface area contributed by atoms with Gasteiger partial charge in [-0.05, 0) is 18.4 Å². The van der Waals surface area contributed by atoms with Gasteiger partial charge in [0, 0.05) is 6.42 Å². The molecular weight excluding hydrogens is 230 g/mol. The van der Waals surface area contributed by atoms with Gasteiger partial charge in [0.2, 0.25) is 0 Å². The van der Waals surface area contributed by atoms with Crippen LogP contribution in [0.5, 0.6) is 0 Å². The van der Waals surface area contributed by atoms with Crippen molar-refractivity contribution in [3.05, 3.63) is 35.9 Å². The minimum atomic E-state index is 0.236. The fourth-order valence-electron chi connectivity index (χ4n) is 2.38. The normalized spacial score (nSPS) is 16.8. The van der Waals surface area contributed by atoms with Crippen LogP contribution in [0.2, 0.25) is 0 Å². The highest BCUT2D eigenvalue weighted by molar-refractivity contribution is 7.80. The Kier molecular flexibility index (Phi) is 4.51. The van der Waals surface area contributed by atoms with Crippen LogP contribution in [0.1, 0.15) is 37.7 Å². The Morgan fingerprint density at radius 3 is 2.47 bits per heavy atom. The summed E-state index contributed by atoms with van der Waals surface area (Å²) >= 11 is 5.32. The molecule has 2 nitrogen and oxygen atoms in total. The quantitative estimate of drug-likeness (QED) is 0.654. The van der Waals surface area contributed by atoms with Gasteiger partial charge in [-0.1, -0.05) is 61.8 Å². The fourth-order valence-corrected chi connectivity index (χ4v) is 2.70. The molecule has 1 aliphatic rings. The highest BCUT2D eigenvalue weighted by atomic mass is 32.1. The second kappa shape index (κ2) is 6.12. The maximum Gasteiger partial charge on any atom is 0.108 e. The third-order valence-electron chi connectivity index (χ3n) is 3.37. The van der Waals surface area contributed by atoms with Gasteiger partial charge in [0.05, 0.1) is 6.04 Å². The molecule has 1 aromatic rings. The molecule has 0 aliphatic heterocycles. The van der Waals surface area contributed by atoms with Gasteiger partial charge in [-0.25, -0.2) is 5.06 Å². The Morgan fingerprint density at radius 1 is 1.18 bits per heavy atom. The third-order valence-corrected chi connectivity index (χ3v) is 3.71. The first-order valence-electron chi connectivity index (χ1n) is 6.32. The summed E-state index contributed by atoms with van der Waals surface area (Å²) in [6.45, 7) is 0. The number of hydrogen-bond acceptors (Lipinski definition) is 2. The van der Waals surface area contributed by atoms with E-state index in [0.29, 0.717) is 11.4 Å².